The van der Waals surface area contributed by atoms with Crippen molar-refractivity contribution >= 4 is 38.9 Å². The Morgan fingerprint density at radius 2 is 1.81 bits per heavy atom. The van der Waals surface area contributed by atoms with Crippen molar-refractivity contribution in [1.29, 1.82) is 0 Å². The number of rotatable bonds is 4. The van der Waals surface area contributed by atoms with Gasteiger partial charge in [0, 0.05) is 5.56 Å². The molecule has 14 heteroatoms. The molecule has 0 aliphatic carbocycles. The lowest BCUT2D eigenvalue weighted by Crippen LogP contribution is -2.57. The van der Waals surface area contributed by atoms with Crippen LogP contribution in [0, 0.1) is 10.6 Å². The Bertz CT molecular complexity index is 1210. The van der Waals surface area contributed by atoms with E-state index in [0.29, 0.717) is 4.73 Å². The molecule has 0 bridgehead atoms. The van der Waals surface area contributed by atoms with Crippen LogP contribution in [0.3, 0.4) is 0 Å². The number of nitrogens with zero attached hydrogens (tertiary/aromatic N) is 1. The summed E-state index contributed by atoms with van der Waals surface area (Å²) in [6.07, 6.45) is 1.91. The van der Waals surface area contributed by atoms with Gasteiger partial charge in [-0.3, -0.25) is 4.79 Å². The number of nitrogens with two attached hydrogens (primary N) is 1. The van der Waals surface area contributed by atoms with Gasteiger partial charge in [0.2, 0.25) is 5.75 Å². The molecule has 3 heterocycles. The average molecular weight is 511 g/mol. The van der Waals surface area contributed by atoms with Crippen LogP contribution in [0.1, 0.15) is 21.2 Å². The lowest BCUT2D eigenvalue weighted by Gasteiger charge is -2.46. The van der Waals surface area contributed by atoms with Crippen molar-refractivity contribution < 1.29 is 40.9 Å². The molecule has 1 aromatic heterocycles. The average Bonchev–Trinajstić information content (AvgIpc) is 2.85. The Balaban J connectivity index is 1.79. The molecule has 172 valence electrons. The highest BCUT2D eigenvalue weighted by Gasteiger charge is 2.62. The van der Waals surface area contributed by atoms with Gasteiger partial charge in [0.1, 0.15) is 21.9 Å². The molecular weight excluding hydrogens is 497 g/mol. The standard InChI is InChI=1S/C18H14Cl2F2N2O7S/c19-9-3-24(26)4-10(20)12(9)15-18(7-32(15,27)28)5-29-13-8(16(23)25)1-2-11(31-17(21)22)14(13)30-6-18/h1-4,15,17H,5-7H2,(H2,23,25). The molecule has 9 nitrogen and oxygen atoms in total. The highest BCUT2D eigenvalue weighted by atomic mass is 35.5. The molecule has 1 spiro atoms. The lowest BCUT2D eigenvalue weighted by molar-refractivity contribution is -0.605. The molecule has 1 saturated heterocycles. The molecule has 2 aliphatic rings. The highest BCUT2D eigenvalue weighted by Crippen LogP contribution is 2.57. The van der Waals surface area contributed by atoms with Crippen LogP contribution < -0.4 is 24.7 Å². The normalized spacial score (nSPS) is 23.5. The van der Waals surface area contributed by atoms with Gasteiger partial charge < -0.3 is 25.2 Å². The van der Waals surface area contributed by atoms with Crippen molar-refractivity contribution in [1.82, 2.24) is 0 Å². The van der Waals surface area contributed by atoms with Crippen molar-refractivity contribution in [2.75, 3.05) is 19.0 Å². The molecule has 2 aliphatic heterocycles. The Morgan fingerprint density at radius 1 is 1.22 bits per heavy atom. The monoisotopic (exact) mass is 510 g/mol. The van der Waals surface area contributed by atoms with Gasteiger partial charge in [-0.1, -0.05) is 23.2 Å². The van der Waals surface area contributed by atoms with E-state index in [-0.39, 0.29) is 45.9 Å². The van der Waals surface area contributed by atoms with Crippen LogP contribution in [0.15, 0.2) is 24.5 Å². The van der Waals surface area contributed by atoms with E-state index in [1.807, 2.05) is 0 Å². The quantitative estimate of drug-likeness (QED) is 0.492. The first-order chi connectivity index (χ1) is 14.9. The third kappa shape index (κ3) is 3.65. The molecule has 0 radical (unpaired) electrons. The summed E-state index contributed by atoms with van der Waals surface area (Å²) in [5, 5.41) is 9.91. The van der Waals surface area contributed by atoms with Crippen LogP contribution in [0.5, 0.6) is 17.2 Å². The van der Waals surface area contributed by atoms with Crippen LogP contribution in [-0.2, 0) is 9.84 Å². The molecule has 32 heavy (non-hydrogen) atoms. The Hall–Kier alpha value is -2.57. The van der Waals surface area contributed by atoms with Gasteiger partial charge in [0.15, 0.2) is 33.7 Å². The third-order valence-electron chi connectivity index (χ3n) is 5.23. The fraction of sp³-hybridized carbons (Fsp3) is 0.333. The zero-order valence-corrected chi connectivity index (χ0v) is 18.2. The molecule has 2 aromatic rings. The van der Waals surface area contributed by atoms with E-state index in [1.165, 1.54) is 0 Å². The summed E-state index contributed by atoms with van der Waals surface area (Å²) in [6.45, 7) is -3.83. The topological polar surface area (TPSA) is 132 Å². The predicted molar refractivity (Wildman–Crippen MR) is 107 cm³/mol. The first-order valence-corrected chi connectivity index (χ1v) is 11.4. The van der Waals surface area contributed by atoms with Gasteiger partial charge in [0.05, 0.1) is 23.3 Å². The minimum absolute atomic E-state index is 0.0102. The first-order valence-electron chi connectivity index (χ1n) is 8.92. The summed E-state index contributed by atoms with van der Waals surface area (Å²) in [7, 11) is -3.78. The second-order valence-corrected chi connectivity index (χ2v) is 10.3. The summed E-state index contributed by atoms with van der Waals surface area (Å²) < 4.78 is 67.3. The van der Waals surface area contributed by atoms with Crippen LogP contribution in [0.25, 0.3) is 0 Å². The van der Waals surface area contributed by atoms with Crippen LogP contribution in [-0.4, -0.2) is 39.9 Å². The Morgan fingerprint density at radius 3 is 2.34 bits per heavy atom. The maximum atomic E-state index is 12.8. The molecule has 1 fully saturated rings. The van der Waals surface area contributed by atoms with Crippen molar-refractivity contribution in [3.8, 4) is 17.2 Å². The van der Waals surface area contributed by atoms with E-state index < -0.39 is 44.5 Å². The minimum atomic E-state index is -3.78. The molecule has 1 amide bonds. The van der Waals surface area contributed by atoms with Crippen LogP contribution in [0.4, 0.5) is 8.78 Å². The van der Waals surface area contributed by atoms with E-state index in [1.54, 1.807) is 0 Å². The highest BCUT2D eigenvalue weighted by molar-refractivity contribution is 7.93. The van der Waals surface area contributed by atoms with E-state index >= 15 is 0 Å². The number of carbonyl (C=O) groups is 1. The molecule has 2 unspecified atom stereocenters. The van der Waals surface area contributed by atoms with Gasteiger partial charge in [-0.15, -0.1) is 0 Å². The van der Waals surface area contributed by atoms with E-state index in [9.17, 15) is 27.2 Å². The smallest absolute Gasteiger partial charge is 0.387 e. The van der Waals surface area contributed by atoms with Gasteiger partial charge in [0.25, 0.3) is 5.91 Å². The molecule has 1 aromatic carbocycles. The molecular formula is C18H14Cl2F2N2O7S. The van der Waals surface area contributed by atoms with E-state index in [2.05, 4.69) is 4.74 Å². The summed E-state index contributed by atoms with van der Waals surface area (Å²) in [4.78, 5) is 11.8. The number of hydrogen-bond acceptors (Lipinski definition) is 7. The summed E-state index contributed by atoms with van der Waals surface area (Å²) in [5.41, 5.74) is 3.91. The summed E-state index contributed by atoms with van der Waals surface area (Å²) in [5.74, 6) is -2.31. The fourth-order valence-electron chi connectivity index (χ4n) is 4.01. The third-order valence-corrected chi connectivity index (χ3v) is 8.26. The summed E-state index contributed by atoms with van der Waals surface area (Å²) in [6, 6.07) is 2.20. The molecule has 2 atom stereocenters. The first kappa shape index (κ1) is 22.6. The van der Waals surface area contributed by atoms with Crippen LogP contribution in [0.2, 0.25) is 10.0 Å². The minimum Gasteiger partial charge on any atom is -0.619 e. The number of halogens is 4. The van der Waals surface area contributed by atoms with E-state index in [4.69, 9.17) is 38.4 Å². The zero-order valence-electron chi connectivity index (χ0n) is 15.9. The summed E-state index contributed by atoms with van der Waals surface area (Å²) >= 11 is 12.3. The number of alkyl halides is 2. The van der Waals surface area contributed by atoms with Gasteiger partial charge in [-0.2, -0.15) is 13.5 Å². The zero-order chi connectivity index (χ0) is 23.4. The Labute approximate surface area is 190 Å². The molecule has 0 saturated carbocycles. The number of primary amides is 1. The van der Waals surface area contributed by atoms with Crippen molar-refractivity contribution in [3.05, 3.63) is 50.9 Å². The second-order valence-electron chi connectivity index (χ2n) is 7.37. The number of benzene rings is 1. The van der Waals surface area contributed by atoms with Crippen molar-refractivity contribution in [2.24, 2.45) is 11.1 Å². The second kappa shape index (κ2) is 7.78. The number of pyridine rings is 1. The maximum absolute atomic E-state index is 12.8. The maximum Gasteiger partial charge on any atom is 0.387 e. The molecule has 4 rings (SSSR count). The van der Waals surface area contributed by atoms with Crippen molar-refractivity contribution in [3.63, 3.8) is 0 Å². The SMILES string of the molecule is NC(=O)c1ccc(OC(F)F)c2c1OCC1(CO2)CS(=O)(=O)C1c1c(Cl)c[n+]([O-])cc1Cl. The number of carbonyl (C=O) groups excluding carboxylic acids is 1. The van der Waals surface area contributed by atoms with Gasteiger partial charge in [-0.25, -0.2) is 8.42 Å². The van der Waals surface area contributed by atoms with Gasteiger partial charge in [-0.05, 0) is 12.1 Å². The largest absolute Gasteiger partial charge is 0.619 e. The predicted octanol–water partition coefficient (Wildman–Crippen LogP) is 2.25. The molecule has 2 N–H and O–H groups in total. The fourth-order valence-corrected chi connectivity index (χ4v) is 7.40. The van der Waals surface area contributed by atoms with Crippen molar-refractivity contribution in [2.45, 2.75) is 11.9 Å². The number of ether oxygens (including phenoxy) is 3. The van der Waals surface area contributed by atoms with Crippen LogP contribution >= 0.6 is 23.2 Å². The number of hydrogen-bond donors (Lipinski definition) is 1. The van der Waals surface area contributed by atoms with E-state index in [0.717, 1.165) is 24.5 Å². The Kier molecular flexibility index (Phi) is 5.50. The van der Waals surface area contributed by atoms with Gasteiger partial charge >= 0.3 is 6.61 Å². The number of fused-ring (bicyclic) bond motifs is 1. The number of sulfone groups is 1. The number of amides is 1. The lowest BCUT2D eigenvalue weighted by atomic mass is 9.83. The number of aromatic nitrogens is 1.